The second kappa shape index (κ2) is 3.72. The van der Waals surface area contributed by atoms with Crippen molar-refractivity contribution in [2.24, 2.45) is 5.73 Å². The summed E-state index contributed by atoms with van der Waals surface area (Å²) in [6.45, 7) is 3.00. The highest BCUT2D eigenvalue weighted by molar-refractivity contribution is 5.83. The molecule has 0 aliphatic rings. The predicted octanol–water partition coefficient (Wildman–Crippen LogP) is 2.29. The lowest BCUT2D eigenvalue weighted by atomic mass is 10.2. The summed E-state index contributed by atoms with van der Waals surface area (Å²) >= 11 is 0. The highest BCUT2D eigenvalue weighted by Crippen LogP contribution is 2.28. The van der Waals surface area contributed by atoms with E-state index in [1.807, 2.05) is 31.2 Å². The molecule has 3 nitrogen and oxygen atoms in total. The van der Waals surface area contributed by atoms with Crippen LogP contribution in [-0.2, 0) is 6.54 Å². The van der Waals surface area contributed by atoms with Crippen molar-refractivity contribution in [3.63, 3.8) is 0 Å². The summed E-state index contributed by atoms with van der Waals surface area (Å²) < 4.78 is 11.0. The molecule has 74 valence electrons. The number of nitrogens with two attached hydrogens (primary N) is 1. The number of para-hydroxylation sites is 1. The minimum atomic E-state index is 0.417. The lowest BCUT2D eigenvalue weighted by Crippen LogP contribution is -1.92. The fraction of sp³-hybridized carbons (Fsp3) is 0.273. The molecule has 0 fully saturated rings. The van der Waals surface area contributed by atoms with E-state index in [9.17, 15) is 0 Å². The van der Waals surface area contributed by atoms with Crippen molar-refractivity contribution in [3.8, 4) is 5.75 Å². The number of hydrogen-bond acceptors (Lipinski definition) is 3. The first kappa shape index (κ1) is 9.09. The third-order valence-corrected chi connectivity index (χ3v) is 2.06. The van der Waals surface area contributed by atoms with Crippen molar-refractivity contribution in [2.75, 3.05) is 6.61 Å². The molecular weight excluding hydrogens is 178 g/mol. The van der Waals surface area contributed by atoms with Gasteiger partial charge >= 0.3 is 0 Å². The van der Waals surface area contributed by atoms with Crippen LogP contribution >= 0.6 is 0 Å². The standard InChI is InChI=1S/C11H13NO2/c1-2-13-10-5-3-4-8-6-9(7-12)14-11(8)10/h3-6H,2,7,12H2,1H3. The summed E-state index contributed by atoms with van der Waals surface area (Å²) in [6, 6.07) is 7.77. The fourth-order valence-corrected chi connectivity index (χ4v) is 1.46. The highest BCUT2D eigenvalue weighted by Gasteiger charge is 2.07. The third-order valence-electron chi connectivity index (χ3n) is 2.06. The molecule has 1 aromatic heterocycles. The molecule has 14 heavy (non-hydrogen) atoms. The quantitative estimate of drug-likeness (QED) is 0.809. The van der Waals surface area contributed by atoms with Gasteiger partial charge in [-0.15, -0.1) is 0 Å². The highest BCUT2D eigenvalue weighted by atomic mass is 16.5. The number of fused-ring (bicyclic) bond motifs is 1. The zero-order valence-electron chi connectivity index (χ0n) is 8.12. The summed E-state index contributed by atoms with van der Waals surface area (Å²) in [6.07, 6.45) is 0. The molecule has 1 heterocycles. The predicted molar refractivity (Wildman–Crippen MR) is 55.3 cm³/mol. The average Bonchev–Trinajstić information content (AvgIpc) is 2.62. The van der Waals surface area contributed by atoms with E-state index in [4.69, 9.17) is 14.9 Å². The van der Waals surface area contributed by atoms with E-state index in [-0.39, 0.29) is 0 Å². The van der Waals surface area contributed by atoms with Crippen LogP contribution in [0.2, 0.25) is 0 Å². The molecule has 2 rings (SSSR count). The third kappa shape index (κ3) is 1.46. The van der Waals surface area contributed by atoms with Gasteiger partial charge in [-0.1, -0.05) is 12.1 Å². The van der Waals surface area contributed by atoms with Crippen LogP contribution < -0.4 is 10.5 Å². The molecule has 0 spiro atoms. The zero-order valence-corrected chi connectivity index (χ0v) is 8.12. The molecule has 0 atom stereocenters. The first-order valence-corrected chi connectivity index (χ1v) is 4.69. The summed E-state index contributed by atoms with van der Waals surface area (Å²) in [5, 5.41) is 1.04. The lowest BCUT2D eigenvalue weighted by molar-refractivity contribution is 0.337. The molecule has 3 heteroatoms. The molecule has 2 aromatic rings. The lowest BCUT2D eigenvalue weighted by Gasteiger charge is -2.01. The van der Waals surface area contributed by atoms with E-state index in [2.05, 4.69) is 0 Å². The molecule has 2 N–H and O–H groups in total. The SMILES string of the molecule is CCOc1cccc2cc(CN)oc12. The molecule has 0 amide bonds. The van der Waals surface area contributed by atoms with E-state index in [0.717, 1.165) is 22.5 Å². The van der Waals surface area contributed by atoms with Gasteiger partial charge in [0.2, 0.25) is 0 Å². The normalized spacial score (nSPS) is 10.7. The monoisotopic (exact) mass is 191 g/mol. The van der Waals surface area contributed by atoms with Crippen molar-refractivity contribution in [3.05, 3.63) is 30.0 Å². The molecule has 0 aliphatic heterocycles. The summed E-state index contributed by atoms with van der Waals surface area (Å²) in [7, 11) is 0. The number of ether oxygens (including phenoxy) is 1. The van der Waals surface area contributed by atoms with Crippen LogP contribution in [0.25, 0.3) is 11.0 Å². The Bertz CT molecular complexity index is 434. The number of hydrogen-bond donors (Lipinski definition) is 1. The molecule has 0 saturated carbocycles. The molecule has 0 aliphatic carbocycles. The van der Waals surface area contributed by atoms with Crippen LogP contribution in [-0.4, -0.2) is 6.61 Å². The molecule has 0 saturated heterocycles. The van der Waals surface area contributed by atoms with E-state index in [1.54, 1.807) is 0 Å². The maximum Gasteiger partial charge on any atom is 0.176 e. The molecule has 0 radical (unpaired) electrons. The number of benzene rings is 1. The minimum Gasteiger partial charge on any atom is -0.490 e. The van der Waals surface area contributed by atoms with Crippen LogP contribution in [0.3, 0.4) is 0 Å². The molecular formula is C11H13NO2. The van der Waals surface area contributed by atoms with Crippen LogP contribution in [0, 0.1) is 0 Å². The Morgan fingerprint density at radius 1 is 1.43 bits per heavy atom. The maximum absolute atomic E-state index is 5.55. The number of rotatable bonds is 3. The van der Waals surface area contributed by atoms with E-state index in [0.29, 0.717) is 13.2 Å². The van der Waals surface area contributed by atoms with E-state index in [1.165, 1.54) is 0 Å². The van der Waals surface area contributed by atoms with E-state index < -0.39 is 0 Å². The van der Waals surface area contributed by atoms with Crippen LogP contribution in [0.5, 0.6) is 5.75 Å². The zero-order chi connectivity index (χ0) is 9.97. The fourth-order valence-electron chi connectivity index (χ4n) is 1.46. The molecule has 0 bridgehead atoms. The van der Waals surface area contributed by atoms with Gasteiger partial charge in [-0.2, -0.15) is 0 Å². The first-order chi connectivity index (χ1) is 6.85. The Morgan fingerprint density at radius 3 is 3.00 bits per heavy atom. The van der Waals surface area contributed by atoms with Crippen LogP contribution in [0.4, 0.5) is 0 Å². The second-order valence-corrected chi connectivity index (χ2v) is 3.02. The van der Waals surface area contributed by atoms with Gasteiger partial charge in [0.1, 0.15) is 5.76 Å². The van der Waals surface area contributed by atoms with E-state index >= 15 is 0 Å². The summed E-state index contributed by atoms with van der Waals surface area (Å²) in [5.74, 6) is 1.57. The van der Waals surface area contributed by atoms with Gasteiger partial charge in [0.25, 0.3) is 0 Å². The molecule has 0 unspecified atom stereocenters. The second-order valence-electron chi connectivity index (χ2n) is 3.02. The smallest absolute Gasteiger partial charge is 0.176 e. The van der Waals surface area contributed by atoms with Crippen molar-refractivity contribution >= 4 is 11.0 Å². The van der Waals surface area contributed by atoms with Gasteiger partial charge in [0.15, 0.2) is 11.3 Å². The Morgan fingerprint density at radius 2 is 2.29 bits per heavy atom. The van der Waals surface area contributed by atoms with Crippen molar-refractivity contribution in [1.29, 1.82) is 0 Å². The van der Waals surface area contributed by atoms with Gasteiger partial charge in [0.05, 0.1) is 13.2 Å². The van der Waals surface area contributed by atoms with Crippen molar-refractivity contribution in [2.45, 2.75) is 13.5 Å². The largest absolute Gasteiger partial charge is 0.490 e. The Kier molecular flexibility index (Phi) is 2.41. The molecule has 1 aromatic carbocycles. The Hall–Kier alpha value is -1.48. The minimum absolute atomic E-state index is 0.417. The van der Waals surface area contributed by atoms with Gasteiger partial charge in [-0.25, -0.2) is 0 Å². The Balaban J connectivity index is 2.55. The van der Waals surface area contributed by atoms with Crippen LogP contribution in [0.15, 0.2) is 28.7 Å². The topological polar surface area (TPSA) is 48.4 Å². The van der Waals surface area contributed by atoms with Gasteiger partial charge in [-0.3, -0.25) is 0 Å². The summed E-state index contributed by atoms with van der Waals surface area (Å²) in [5.41, 5.74) is 6.29. The Labute approximate surface area is 82.5 Å². The van der Waals surface area contributed by atoms with Gasteiger partial charge < -0.3 is 14.9 Å². The van der Waals surface area contributed by atoms with Crippen molar-refractivity contribution in [1.82, 2.24) is 0 Å². The van der Waals surface area contributed by atoms with Gasteiger partial charge in [-0.05, 0) is 19.1 Å². The average molecular weight is 191 g/mol. The van der Waals surface area contributed by atoms with Crippen LogP contribution in [0.1, 0.15) is 12.7 Å². The first-order valence-electron chi connectivity index (χ1n) is 4.69. The maximum atomic E-state index is 5.55. The van der Waals surface area contributed by atoms with Crippen molar-refractivity contribution < 1.29 is 9.15 Å². The number of furan rings is 1. The summed E-state index contributed by atoms with van der Waals surface area (Å²) in [4.78, 5) is 0. The van der Waals surface area contributed by atoms with Gasteiger partial charge in [0, 0.05) is 5.39 Å².